The number of rotatable bonds is 3. The summed E-state index contributed by atoms with van der Waals surface area (Å²) in [4.78, 5) is 11.8. The highest BCUT2D eigenvalue weighted by atomic mass is 127. The lowest BCUT2D eigenvalue weighted by atomic mass is 10.1. The topological polar surface area (TPSA) is 58.2 Å². The number of anilines is 2. The van der Waals surface area contributed by atoms with Gasteiger partial charge in [0.2, 0.25) is 5.91 Å². The Labute approximate surface area is 120 Å². The highest BCUT2D eigenvalue weighted by Gasteiger charge is 2.26. The largest absolute Gasteiger partial charge is 0.372 e. The van der Waals surface area contributed by atoms with Crippen LogP contribution in [0, 0.1) is 9.39 Å². The molecule has 4 nitrogen and oxygen atoms in total. The summed E-state index contributed by atoms with van der Waals surface area (Å²) in [7, 11) is -0.943. The Hall–Kier alpha value is -0.700. The lowest BCUT2D eigenvalue weighted by Crippen LogP contribution is -2.39. The molecule has 2 unspecified atom stereocenters. The van der Waals surface area contributed by atoms with Crippen LogP contribution in [0.1, 0.15) is 6.42 Å². The van der Waals surface area contributed by atoms with Gasteiger partial charge in [0.15, 0.2) is 0 Å². The molecule has 2 atom stereocenters. The molecular weight excluding hydrogens is 370 g/mol. The molecule has 0 radical (unpaired) electrons. The normalized spacial score (nSPS) is 19.7. The van der Waals surface area contributed by atoms with Crippen LogP contribution in [0.5, 0.6) is 0 Å². The maximum atomic E-state index is 13.4. The van der Waals surface area contributed by atoms with Crippen molar-refractivity contribution in [1.82, 2.24) is 0 Å². The first kappa shape index (κ1) is 13.7. The minimum Gasteiger partial charge on any atom is -0.372 e. The van der Waals surface area contributed by atoms with Gasteiger partial charge in [-0.05, 0) is 35.1 Å². The fourth-order valence-corrected chi connectivity index (χ4v) is 2.76. The van der Waals surface area contributed by atoms with E-state index in [1.807, 2.05) is 22.6 Å². The zero-order chi connectivity index (χ0) is 13.3. The monoisotopic (exact) mass is 382 g/mol. The number of nitrogens with one attached hydrogen (secondary N) is 2. The van der Waals surface area contributed by atoms with E-state index in [0.717, 1.165) is 0 Å². The average Bonchev–Trinajstić information content (AvgIpc) is 2.29. The first-order valence-corrected chi connectivity index (χ1v) is 8.14. The third-order valence-corrected chi connectivity index (χ3v) is 4.30. The summed E-state index contributed by atoms with van der Waals surface area (Å²) in [5.74, 6) is -0.0565. The number of benzene rings is 1. The fraction of sp³-hybridized carbons (Fsp3) is 0.364. The summed E-state index contributed by atoms with van der Waals surface area (Å²) in [6.45, 7) is 0. The molecular formula is C11H12FIN2O2S. The fourth-order valence-electron chi connectivity index (χ4n) is 1.73. The molecule has 1 aliphatic heterocycles. The third-order valence-electron chi connectivity index (χ3n) is 2.66. The molecule has 1 aromatic carbocycles. The van der Waals surface area contributed by atoms with Gasteiger partial charge in [-0.15, -0.1) is 0 Å². The van der Waals surface area contributed by atoms with Crippen molar-refractivity contribution < 1.29 is 13.4 Å². The van der Waals surface area contributed by atoms with Crippen molar-refractivity contribution in [2.75, 3.05) is 22.6 Å². The number of amides is 1. The summed E-state index contributed by atoms with van der Waals surface area (Å²) in [5, 5.41) is 5.71. The second-order valence-electron chi connectivity index (χ2n) is 4.06. The van der Waals surface area contributed by atoms with E-state index in [0.29, 0.717) is 27.1 Å². The average molecular weight is 382 g/mol. The molecule has 0 saturated carbocycles. The molecule has 0 saturated heterocycles. The van der Waals surface area contributed by atoms with Gasteiger partial charge < -0.3 is 10.6 Å². The van der Waals surface area contributed by atoms with Crippen LogP contribution in [0.25, 0.3) is 0 Å². The Morgan fingerprint density at radius 3 is 2.83 bits per heavy atom. The van der Waals surface area contributed by atoms with Gasteiger partial charge in [0, 0.05) is 28.9 Å². The van der Waals surface area contributed by atoms with Crippen LogP contribution >= 0.6 is 22.6 Å². The number of carbonyl (C=O) groups excluding carboxylic acids is 1. The number of carbonyl (C=O) groups is 1. The van der Waals surface area contributed by atoms with Gasteiger partial charge in [-0.2, -0.15) is 0 Å². The molecule has 1 heterocycles. The zero-order valence-corrected chi connectivity index (χ0v) is 12.6. The van der Waals surface area contributed by atoms with Crippen molar-refractivity contribution in [3.05, 3.63) is 21.5 Å². The van der Waals surface area contributed by atoms with E-state index in [-0.39, 0.29) is 11.7 Å². The van der Waals surface area contributed by atoms with Crippen LogP contribution < -0.4 is 10.6 Å². The molecule has 0 spiro atoms. The highest BCUT2D eigenvalue weighted by Crippen LogP contribution is 2.30. The summed E-state index contributed by atoms with van der Waals surface area (Å²) in [5.41, 5.74) is 1.15. The molecule has 7 heteroatoms. The van der Waals surface area contributed by atoms with Gasteiger partial charge in [-0.25, -0.2) is 4.39 Å². The molecule has 2 N–H and O–H groups in total. The van der Waals surface area contributed by atoms with Gasteiger partial charge in [-0.1, -0.05) is 0 Å². The second kappa shape index (κ2) is 5.52. The molecule has 0 bridgehead atoms. The van der Waals surface area contributed by atoms with Crippen LogP contribution in [0.2, 0.25) is 0 Å². The van der Waals surface area contributed by atoms with Crippen LogP contribution in [0.4, 0.5) is 15.8 Å². The Kier molecular flexibility index (Phi) is 4.21. The highest BCUT2D eigenvalue weighted by molar-refractivity contribution is 14.1. The van der Waals surface area contributed by atoms with E-state index in [2.05, 4.69) is 10.6 Å². The first-order chi connectivity index (χ1) is 8.47. The standard InChI is InChI=1S/C11H12FIN2O2S/c1-18(17)3-2-8-11(16)15-10-5-7(13)6(12)4-9(10)14-8/h4-5,8,14H,2-3H2,1H3,(H,15,16). The van der Waals surface area contributed by atoms with Gasteiger partial charge >= 0.3 is 0 Å². The van der Waals surface area contributed by atoms with Crippen molar-refractivity contribution in [2.24, 2.45) is 0 Å². The number of hydrogen-bond donors (Lipinski definition) is 2. The van der Waals surface area contributed by atoms with Gasteiger partial charge in [0.1, 0.15) is 11.9 Å². The zero-order valence-electron chi connectivity index (χ0n) is 9.63. The van der Waals surface area contributed by atoms with Crippen molar-refractivity contribution >= 4 is 50.7 Å². The summed E-state index contributed by atoms with van der Waals surface area (Å²) in [6, 6.07) is 2.50. The van der Waals surface area contributed by atoms with E-state index >= 15 is 0 Å². The van der Waals surface area contributed by atoms with E-state index < -0.39 is 16.8 Å². The van der Waals surface area contributed by atoms with E-state index in [1.54, 1.807) is 12.3 Å². The van der Waals surface area contributed by atoms with Crippen LogP contribution in [0.15, 0.2) is 12.1 Å². The molecule has 1 amide bonds. The van der Waals surface area contributed by atoms with Crippen LogP contribution in [0.3, 0.4) is 0 Å². The number of hydrogen-bond acceptors (Lipinski definition) is 3. The Morgan fingerprint density at radius 2 is 2.17 bits per heavy atom. The lowest BCUT2D eigenvalue weighted by Gasteiger charge is -2.26. The van der Waals surface area contributed by atoms with Gasteiger partial charge in [0.25, 0.3) is 0 Å². The molecule has 2 rings (SSSR count). The van der Waals surface area contributed by atoms with Crippen LogP contribution in [-0.2, 0) is 15.6 Å². The van der Waals surface area contributed by atoms with Crippen molar-refractivity contribution in [3.63, 3.8) is 0 Å². The number of fused-ring (bicyclic) bond motifs is 1. The molecule has 0 aromatic heterocycles. The Balaban J connectivity index is 2.19. The Bertz CT molecular complexity index is 524. The maximum Gasteiger partial charge on any atom is 0.246 e. The van der Waals surface area contributed by atoms with E-state index in [1.165, 1.54) is 6.07 Å². The first-order valence-electron chi connectivity index (χ1n) is 5.34. The van der Waals surface area contributed by atoms with Crippen molar-refractivity contribution in [2.45, 2.75) is 12.5 Å². The van der Waals surface area contributed by atoms with Gasteiger partial charge in [-0.3, -0.25) is 9.00 Å². The molecule has 1 aliphatic rings. The SMILES string of the molecule is CS(=O)CCC1Nc2cc(F)c(I)cc2NC1=O. The maximum absolute atomic E-state index is 13.4. The lowest BCUT2D eigenvalue weighted by molar-refractivity contribution is -0.117. The van der Waals surface area contributed by atoms with E-state index in [9.17, 15) is 13.4 Å². The summed E-state index contributed by atoms with van der Waals surface area (Å²) >= 11 is 1.87. The predicted molar refractivity (Wildman–Crippen MR) is 78.7 cm³/mol. The predicted octanol–water partition coefficient (Wildman–Crippen LogP) is 1.93. The van der Waals surface area contributed by atoms with Crippen molar-refractivity contribution in [3.8, 4) is 0 Å². The van der Waals surface area contributed by atoms with E-state index in [4.69, 9.17) is 0 Å². The number of halogens is 2. The third kappa shape index (κ3) is 3.00. The molecule has 1 aromatic rings. The Morgan fingerprint density at radius 1 is 1.44 bits per heavy atom. The second-order valence-corrected chi connectivity index (χ2v) is 6.78. The van der Waals surface area contributed by atoms with Crippen LogP contribution in [-0.4, -0.2) is 28.2 Å². The molecule has 0 aliphatic carbocycles. The summed E-state index contributed by atoms with van der Waals surface area (Å²) in [6.07, 6.45) is 2.05. The quantitative estimate of drug-likeness (QED) is 0.786. The minimum absolute atomic E-state index is 0.171. The van der Waals surface area contributed by atoms with Gasteiger partial charge in [0.05, 0.1) is 14.9 Å². The molecule has 98 valence electrons. The minimum atomic E-state index is -0.943. The summed E-state index contributed by atoms with van der Waals surface area (Å²) < 4.78 is 24.9. The smallest absolute Gasteiger partial charge is 0.246 e. The molecule has 18 heavy (non-hydrogen) atoms. The van der Waals surface area contributed by atoms with Crippen molar-refractivity contribution in [1.29, 1.82) is 0 Å². The molecule has 0 fully saturated rings.